The van der Waals surface area contributed by atoms with Crippen molar-refractivity contribution in [1.82, 2.24) is 14.5 Å². The van der Waals surface area contributed by atoms with Gasteiger partial charge < -0.3 is 10.2 Å². The van der Waals surface area contributed by atoms with E-state index < -0.39 is 10.0 Å². The zero-order valence-corrected chi connectivity index (χ0v) is 19.0. The summed E-state index contributed by atoms with van der Waals surface area (Å²) in [5.74, 6) is 0.488. The SMILES string of the molecule is CC(C)N1CCCC(CNC(=O)C2CCN(S(=O)(=O)/C=C/c3ccccc3)CC2)C1. The van der Waals surface area contributed by atoms with Gasteiger partial charge in [0.25, 0.3) is 0 Å². The largest absolute Gasteiger partial charge is 0.356 e. The summed E-state index contributed by atoms with van der Waals surface area (Å²) in [5.41, 5.74) is 0.856. The summed E-state index contributed by atoms with van der Waals surface area (Å²) in [7, 11) is -3.46. The number of carbonyl (C=O) groups excluding carboxylic acids is 1. The van der Waals surface area contributed by atoms with Crippen molar-refractivity contribution in [3.8, 4) is 0 Å². The number of piperidine rings is 2. The fourth-order valence-corrected chi connectivity index (χ4v) is 5.53. The third-order valence-corrected chi connectivity index (χ3v) is 7.83. The second kappa shape index (κ2) is 10.6. The number of likely N-dealkylation sites (tertiary alicyclic amines) is 1. The molecule has 6 nitrogen and oxygen atoms in total. The maximum absolute atomic E-state index is 12.6. The number of hydrogen-bond acceptors (Lipinski definition) is 4. The van der Waals surface area contributed by atoms with Gasteiger partial charge in [0, 0.05) is 43.5 Å². The van der Waals surface area contributed by atoms with Crippen molar-refractivity contribution in [1.29, 1.82) is 0 Å². The Morgan fingerprint density at radius 1 is 1.13 bits per heavy atom. The predicted octanol–water partition coefficient (Wildman–Crippen LogP) is 2.94. The first-order chi connectivity index (χ1) is 14.3. The first kappa shape index (κ1) is 23.0. The van der Waals surface area contributed by atoms with Crippen molar-refractivity contribution >= 4 is 22.0 Å². The van der Waals surface area contributed by atoms with Gasteiger partial charge in [0.05, 0.1) is 0 Å². The summed E-state index contributed by atoms with van der Waals surface area (Å²) < 4.78 is 26.7. The molecule has 2 aliphatic heterocycles. The number of nitrogens with zero attached hydrogens (tertiary/aromatic N) is 2. The highest BCUT2D eigenvalue weighted by Gasteiger charge is 2.30. The van der Waals surface area contributed by atoms with Gasteiger partial charge in [0.1, 0.15) is 0 Å². The van der Waals surface area contributed by atoms with E-state index in [1.165, 1.54) is 16.1 Å². The van der Waals surface area contributed by atoms with Gasteiger partial charge in [-0.2, -0.15) is 4.31 Å². The van der Waals surface area contributed by atoms with Crippen molar-refractivity contribution < 1.29 is 13.2 Å². The molecule has 7 heteroatoms. The molecule has 0 radical (unpaired) electrons. The molecule has 2 fully saturated rings. The van der Waals surface area contributed by atoms with E-state index in [9.17, 15) is 13.2 Å². The summed E-state index contributed by atoms with van der Waals surface area (Å²) in [6.07, 6.45) is 5.12. The molecule has 0 spiro atoms. The maximum atomic E-state index is 12.6. The summed E-state index contributed by atoms with van der Waals surface area (Å²) in [5, 5.41) is 4.40. The number of nitrogens with one attached hydrogen (secondary N) is 1. The van der Waals surface area contributed by atoms with Gasteiger partial charge >= 0.3 is 0 Å². The monoisotopic (exact) mass is 433 g/mol. The van der Waals surface area contributed by atoms with E-state index in [4.69, 9.17) is 0 Å². The molecule has 2 saturated heterocycles. The molecule has 1 unspecified atom stereocenters. The number of carbonyl (C=O) groups is 1. The maximum Gasteiger partial charge on any atom is 0.236 e. The normalized spacial score (nSPS) is 22.6. The molecular weight excluding hydrogens is 398 g/mol. The Morgan fingerprint density at radius 3 is 2.50 bits per heavy atom. The van der Waals surface area contributed by atoms with Crippen LogP contribution in [0, 0.1) is 11.8 Å². The van der Waals surface area contributed by atoms with E-state index in [-0.39, 0.29) is 11.8 Å². The van der Waals surface area contributed by atoms with Crippen LogP contribution in [-0.2, 0) is 14.8 Å². The summed E-state index contributed by atoms with van der Waals surface area (Å²) >= 11 is 0. The molecule has 166 valence electrons. The summed E-state index contributed by atoms with van der Waals surface area (Å²) in [4.78, 5) is 15.1. The highest BCUT2D eigenvalue weighted by molar-refractivity contribution is 7.92. The standard InChI is InChI=1S/C23H35N3O3S/c1-19(2)25-13-6-9-21(18-25)17-24-23(27)22-10-14-26(15-11-22)30(28,29)16-12-20-7-4-3-5-8-20/h3-5,7-8,12,16,19,21-22H,6,9-11,13-15,17-18H2,1-2H3,(H,24,27)/b16-12+. The van der Waals surface area contributed by atoms with Gasteiger partial charge in [-0.15, -0.1) is 0 Å². The van der Waals surface area contributed by atoms with Gasteiger partial charge in [-0.05, 0) is 63.6 Å². The average Bonchev–Trinajstić information content (AvgIpc) is 2.77. The highest BCUT2D eigenvalue weighted by Crippen LogP contribution is 2.22. The van der Waals surface area contributed by atoms with Gasteiger partial charge in [-0.25, -0.2) is 8.42 Å². The molecule has 1 atom stereocenters. The lowest BCUT2D eigenvalue weighted by Gasteiger charge is -2.36. The third kappa shape index (κ3) is 6.40. The molecule has 0 aliphatic carbocycles. The lowest BCUT2D eigenvalue weighted by atomic mass is 9.95. The molecule has 0 saturated carbocycles. The molecule has 0 bridgehead atoms. The number of benzene rings is 1. The number of hydrogen-bond donors (Lipinski definition) is 1. The van der Waals surface area contributed by atoms with Crippen LogP contribution in [0.3, 0.4) is 0 Å². The minimum atomic E-state index is -3.46. The topological polar surface area (TPSA) is 69.7 Å². The van der Waals surface area contributed by atoms with E-state index >= 15 is 0 Å². The van der Waals surface area contributed by atoms with Gasteiger partial charge in [0.2, 0.25) is 15.9 Å². The van der Waals surface area contributed by atoms with E-state index in [0.717, 1.165) is 31.6 Å². The first-order valence-corrected chi connectivity index (χ1v) is 12.6. The second-order valence-electron chi connectivity index (χ2n) is 8.77. The van der Waals surface area contributed by atoms with Crippen LogP contribution in [0.25, 0.3) is 6.08 Å². The lowest BCUT2D eigenvalue weighted by molar-refractivity contribution is -0.126. The molecule has 1 amide bonds. The zero-order chi connectivity index (χ0) is 21.6. The molecule has 30 heavy (non-hydrogen) atoms. The van der Waals surface area contributed by atoms with E-state index in [1.807, 2.05) is 30.3 Å². The quantitative estimate of drug-likeness (QED) is 0.718. The fourth-order valence-electron chi connectivity index (χ4n) is 4.31. The van der Waals surface area contributed by atoms with Gasteiger partial charge in [-0.3, -0.25) is 4.79 Å². The Balaban J connectivity index is 1.44. The minimum absolute atomic E-state index is 0.0774. The predicted molar refractivity (Wildman–Crippen MR) is 121 cm³/mol. The van der Waals surface area contributed by atoms with Crippen molar-refractivity contribution in [2.45, 2.75) is 45.6 Å². The highest BCUT2D eigenvalue weighted by atomic mass is 32.2. The minimum Gasteiger partial charge on any atom is -0.356 e. The van der Waals surface area contributed by atoms with Crippen LogP contribution >= 0.6 is 0 Å². The van der Waals surface area contributed by atoms with Crippen molar-refractivity contribution in [2.24, 2.45) is 11.8 Å². The van der Waals surface area contributed by atoms with Crippen LogP contribution in [0.15, 0.2) is 35.7 Å². The van der Waals surface area contributed by atoms with Gasteiger partial charge in [-0.1, -0.05) is 30.3 Å². The van der Waals surface area contributed by atoms with Gasteiger partial charge in [0.15, 0.2) is 0 Å². The Morgan fingerprint density at radius 2 is 1.83 bits per heavy atom. The van der Waals surface area contributed by atoms with Crippen molar-refractivity contribution in [2.75, 3.05) is 32.7 Å². The lowest BCUT2D eigenvalue weighted by Crippen LogP contribution is -2.46. The third-order valence-electron chi connectivity index (χ3n) is 6.26. The van der Waals surface area contributed by atoms with Crippen molar-refractivity contribution in [3.05, 3.63) is 41.3 Å². The van der Waals surface area contributed by atoms with Crippen LogP contribution in [-0.4, -0.2) is 62.3 Å². The molecule has 1 N–H and O–H groups in total. The number of sulfonamides is 1. The van der Waals surface area contributed by atoms with Crippen LogP contribution in [0.2, 0.25) is 0 Å². The summed E-state index contributed by atoms with van der Waals surface area (Å²) in [6, 6.07) is 9.94. The smallest absolute Gasteiger partial charge is 0.236 e. The van der Waals surface area contributed by atoms with Crippen LogP contribution in [0.4, 0.5) is 0 Å². The fraction of sp³-hybridized carbons (Fsp3) is 0.609. The van der Waals surface area contributed by atoms with Crippen LogP contribution in [0.5, 0.6) is 0 Å². The Bertz CT molecular complexity index is 815. The molecular formula is C23H35N3O3S. The average molecular weight is 434 g/mol. The number of rotatable bonds is 7. The molecule has 1 aromatic rings. The second-order valence-corrected chi connectivity index (χ2v) is 10.6. The molecule has 3 rings (SSSR count). The molecule has 2 heterocycles. The Kier molecular flexibility index (Phi) is 8.08. The number of amides is 1. The molecule has 2 aliphatic rings. The van der Waals surface area contributed by atoms with E-state index in [2.05, 4.69) is 24.1 Å². The Hall–Kier alpha value is -1.70. The zero-order valence-electron chi connectivity index (χ0n) is 18.2. The van der Waals surface area contributed by atoms with E-state index in [1.54, 1.807) is 6.08 Å². The van der Waals surface area contributed by atoms with Crippen LogP contribution < -0.4 is 5.32 Å². The molecule has 0 aromatic heterocycles. The van der Waals surface area contributed by atoms with Crippen molar-refractivity contribution in [3.63, 3.8) is 0 Å². The molecule has 1 aromatic carbocycles. The van der Waals surface area contributed by atoms with E-state index in [0.29, 0.717) is 37.9 Å². The van der Waals surface area contributed by atoms with Crippen LogP contribution in [0.1, 0.15) is 45.1 Å². The Labute approximate surface area is 181 Å². The first-order valence-electron chi connectivity index (χ1n) is 11.1. The summed E-state index contributed by atoms with van der Waals surface area (Å²) in [6.45, 7) is 8.14.